The SMILES string of the molecule is CC1(CN2C(=O)CC3(CCCC3)C2=O)CCCNC1. The van der Waals surface area contributed by atoms with E-state index in [0.29, 0.717) is 13.0 Å². The predicted molar refractivity (Wildman–Crippen MR) is 72.4 cm³/mol. The molecule has 2 aliphatic heterocycles. The summed E-state index contributed by atoms with van der Waals surface area (Å²) in [5, 5.41) is 3.39. The topological polar surface area (TPSA) is 49.4 Å². The summed E-state index contributed by atoms with van der Waals surface area (Å²) in [7, 11) is 0. The molecule has 19 heavy (non-hydrogen) atoms. The molecule has 0 aromatic carbocycles. The summed E-state index contributed by atoms with van der Waals surface area (Å²) in [5.41, 5.74) is -0.247. The van der Waals surface area contributed by atoms with Gasteiger partial charge in [-0.05, 0) is 37.6 Å². The minimum atomic E-state index is -0.310. The molecule has 2 saturated heterocycles. The Hall–Kier alpha value is -0.900. The molecular weight excluding hydrogens is 240 g/mol. The van der Waals surface area contributed by atoms with E-state index in [-0.39, 0.29) is 22.6 Å². The van der Waals surface area contributed by atoms with Gasteiger partial charge in [0.15, 0.2) is 0 Å². The molecule has 1 aliphatic carbocycles. The van der Waals surface area contributed by atoms with Crippen LogP contribution >= 0.6 is 0 Å². The number of hydrogen-bond acceptors (Lipinski definition) is 3. The summed E-state index contributed by atoms with van der Waals surface area (Å²) in [5.74, 6) is 0.195. The zero-order chi connectivity index (χ0) is 13.5. The normalized spacial score (nSPS) is 34.5. The van der Waals surface area contributed by atoms with Gasteiger partial charge >= 0.3 is 0 Å². The van der Waals surface area contributed by atoms with Gasteiger partial charge in [0.1, 0.15) is 0 Å². The van der Waals surface area contributed by atoms with Crippen molar-refractivity contribution in [2.75, 3.05) is 19.6 Å². The average Bonchev–Trinajstić information content (AvgIpc) is 2.93. The Kier molecular flexibility index (Phi) is 3.16. The molecule has 3 fully saturated rings. The van der Waals surface area contributed by atoms with E-state index in [1.165, 1.54) is 0 Å². The van der Waals surface area contributed by atoms with Crippen LogP contribution in [0, 0.1) is 10.8 Å². The first kappa shape index (κ1) is 13.1. The Morgan fingerprint density at radius 1 is 1.16 bits per heavy atom. The Morgan fingerprint density at radius 3 is 2.53 bits per heavy atom. The Balaban J connectivity index is 1.74. The maximum Gasteiger partial charge on any atom is 0.235 e. The smallest absolute Gasteiger partial charge is 0.235 e. The van der Waals surface area contributed by atoms with E-state index in [9.17, 15) is 9.59 Å². The largest absolute Gasteiger partial charge is 0.316 e. The van der Waals surface area contributed by atoms with Crippen LogP contribution in [-0.2, 0) is 9.59 Å². The maximum absolute atomic E-state index is 12.6. The summed E-state index contributed by atoms with van der Waals surface area (Å²) < 4.78 is 0. The third-order valence-corrected chi connectivity index (χ3v) is 5.28. The first-order chi connectivity index (χ1) is 9.05. The van der Waals surface area contributed by atoms with E-state index in [0.717, 1.165) is 51.6 Å². The fourth-order valence-corrected chi connectivity index (χ4v) is 4.10. The van der Waals surface area contributed by atoms with Crippen LogP contribution in [0.2, 0.25) is 0 Å². The maximum atomic E-state index is 12.6. The number of amides is 2. The second kappa shape index (κ2) is 4.58. The van der Waals surface area contributed by atoms with Crippen molar-refractivity contribution in [2.45, 2.75) is 51.9 Å². The molecule has 0 aromatic rings. The number of nitrogens with one attached hydrogen (secondary N) is 1. The molecule has 1 N–H and O–H groups in total. The first-order valence-electron chi connectivity index (χ1n) is 7.60. The molecule has 0 bridgehead atoms. The van der Waals surface area contributed by atoms with E-state index in [4.69, 9.17) is 0 Å². The number of carbonyl (C=O) groups excluding carboxylic acids is 2. The zero-order valence-electron chi connectivity index (χ0n) is 11.8. The first-order valence-corrected chi connectivity index (χ1v) is 7.60. The molecule has 2 heterocycles. The van der Waals surface area contributed by atoms with Crippen molar-refractivity contribution in [3.8, 4) is 0 Å². The van der Waals surface area contributed by atoms with Gasteiger partial charge in [-0.1, -0.05) is 19.8 Å². The fourth-order valence-electron chi connectivity index (χ4n) is 4.10. The Bertz CT molecular complexity index is 393. The van der Waals surface area contributed by atoms with Crippen LogP contribution in [0.1, 0.15) is 51.9 Å². The van der Waals surface area contributed by atoms with Gasteiger partial charge in [0.2, 0.25) is 11.8 Å². The molecule has 3 rings (SSSR count). The van der Waals surface area contributed by atoms with E-state index < -0.39 is 0 Å². The fraction of sp³-hybridized carbons (Fsp3) is 0.867. The van der Waals surface area contributed by atoms with Crippen LogP contribution in [-0.4, -0.2) is 36.3 Å². The molecule has 4 heteroatoms. The Labute approximate surface area is 114 Å². The number of rotatable bonds is 2. The molecule has 0 radical (unpaired) electrons. The minimum absolute atomic E-state index is 0.0632. The molecular formula is C15H24N2O2. The number of hydrogen-bond donors (Lipinski definition) is 1. The van der Waals surface area contributed by atoms with Crippen LogP contribution in [0.3, 0.4) is 0 Å². The summed E-state index contributed by atoms with van der Waals surface area (Å²) in [6.45, 7) is 4.78. The highest BCUT2D eigenvalue weighted by atomic mass is 16.2. The monoisotopic (exact) mass is 264 g/mol. The van der Waals surface area contributed by atoms with Crippen molar-refractivity contribution >= 4 is 11.8 Å². The van der Waals surface area contributed by atoms with Gasteiger partial charge in [0, 0.05) is 19.5 Å². The molecule has 1 atom stereocenters. The number of likely N-dealkylation sites (tertiary alicyclic amines) is 1. The lowest BCUT2D eigenvalue weighted by Gasteiger charge is -2.37. The van der Waals surface area contributed by atoms with Gasteiger partial charge in [-0.2, -0.15) is 0 Å². The van der Waals surface area contributed by atoms with Gasteiger partial charge in [0.05, 0.1) is 5.41 Å². The van der Waals surface area contributed by atoms with E-state index >= 15 is 0 Å². The van der Waals surface area contributed by atoms with Crippen molar-refractivity contribution < 1.29 is 9.59 Å². The minimum Gasteiger partial charge on any atom is -0.316 e. The number of imide groups is 1. The lowest BCUT2D eigenvalue weighted by Crippen LogP contribution is -2.48. The molecule has 3 aliphatic rings. The third-order valence-electron chi connectivity index (χ3n) is 5.28. The molecule has 1 unspecified atom stereocenters. The van der Waals surface area contributed by atoms with Gasteiger partial charge in [-0.25, -0.2) is 0 Å². The van der Waals surface area contributed by atoms with Crippen LogP contribution in [0.15, 0.2) is 0 Å². The highest BCUT2D eigenvalue weighted by molar-refractivity contribution is 6.06. The highest BCUT2D eigenvalue weighted by Crippen LogP contribution is 2.47. The predicted octanol–water partition coefficient (Wildman–Crippen LogP) is 1.70. The summed E-state index contributed by atoms with van der Waals surface area (Å²) >= 11 is 0. The van der Waals surface area contributed by atoms with Crippen molar-refractivity contribution in [3.05, 3.63) is 0 Å². The van der Waals surface area contributed by atoms with Crippen molar-refractivity contribution in [1.82, 2.24) is 10.2 Å². The van der Waals surface area contributed by atoms with Crippen LogP contribution in [0.25, 0.3) is 0 Å². The van der Waals surface area contributed by atoms with E-state index in [1.54, 1.807) is 4.90 Å². The van der Waals surface area contributed by atoms with Gasteiger partial charge in [0.25, 0.3) is 0 Å². The second-order valence-electron chi connectivity index (χ2n) is 7.04. The van der Waals surface area contributed by atoms with Crippen LogP contribution < -0.4 is 5.32 Å². The summed E-state index contributed by atoms with van der Waals surface area (Å²) in [6.07, 6.45) is 6.75. The van der Waals surface area contributed by atoms with E-state index in [2.05, 4.69) is 12.2 Å². The summed E-state index contributed by atoms with van der Waals surface area (Å²) in [4.78, 5) is 26.5. The van der Waals surface area contributed by atoms with Crippen molar-refractivity contribution in [2.24, 2.45) is 10.8 Å². The number of piperidine rings is 1. The highest BCUT2D eigenvalue weighted by Gasteiger charge is 2.53. The van der Waals surface area contributed by atoms with Crippen molar-refractivity contribution in [1.29, 1.82) is 0 Å². The zero-order valence-corrected chi connectivity index (χ0v) is 11.8. The van der Waals surface area contributed by atoms with Gasteiger partial charge in [-0.3, -0.25) is 14.5 Å². The molecule has 4 nitrogen and oxygen atoms in total. The van der Waals surface area contributed by atoms with Crippen LogP contribution in [0.5, 0.6) is 0 Å². The van der Waals surface area contributed by atoms with E-state index in [1.807, 2.05) is 0 Å². The van der Waals surface area contributed by atoms with Gasteiger partial charge < -0.3 is 5.32 Å². The number of nitrogens with zero attached hydrogens (tertiary/aromatic N) is 1. The quantitative estimate of drug-likeness (QED) is 0.772. The average molecular weight is 264 g/mol. The number of carbonyl (C=O) groups is 2. The van der Waals surface area contributed by atoms with Crippen molar-refractivity contribution in [3.63, 3.8) is 0 Å². The van der Waals surface area contributed by atoms with Crippen LogP contribution in [0.4, 0.5) is 0 Å². The molecule has 1 spiro atoms. The third kappa shape index (κ3) is 2.20. The lowest BCUT2D eigenvalue weighted by atomic mass is 9.82. The molecule has 106 valence electrons. The van der Waals surface area contributed by atoms with Gasteiger partial charge in [-0.15, -0.1) is 0 Å². The lowest BCUT2D eigenvalue weighted by molar-refractivity contribution is -0.143. The molecule has 2 amide bonds. The molecule has 0 aromatic heterocycles. The molecule has 1 saturated carbocycles. The standard InChI is InChI=1S/C15H24N2O2/c1-14(5-4-8-16-10-14)11-17-12(18)9-15(13(17)19)6-2-3-7-15/h16H,2-11H2,1H3. The Morgan fingerprint density at radius 2 is 1.89 bits per heavy atom. The second-order valence-corrected chi connectivity index (χ2v) is 7.04. The summed E-state index contributed by atoms with van der Waals surface area (Å²) in [6, 6.07) is 0.